The Hall–Kier alpha value is -1.94. The van der Waals surface area contributed by atoms with Crippen LogP contribution in [-0.4, -0.2) is 52.9 Å². The molecule has 2 heterocycles. The van der Waals surface area contributed by atoms with E-state index < -0.39 is 0 Å². The van der Waals surface area contributed by atoms with E-state index in [1.165, 1.54) is 19.4 Å². The Labute approximate surface area is 156 Å². The van der Waals surface area contributed by atoms with Gasteiger partial charge >= 0.3 is 0 Å². The summed E-state index contributed by atoms with van der Waals surface area (Å²) in [7, 11) is 0. The number of benzene rings is 1. The van der Waals surface area contributed by atoms with Gasteiger partial charge in [0.1, 0.15) is 5.69 Å². The molecule has 4 rings (SSSR count). The maximum Gasteiger partial charge on any atom is 0.273 e. The van der Waals surface area contributed by atoms with Gasteiger partial charge in [0.25, 0.3) is 5.91 Å². The van der Waals surface area contributed by atoms with Crippen LogP contribution in [0.2, 0.25) is 0 Å². The van der Waals surface area contributed by atoms with E-state index in [4.69, 9.17) is 0 Å². The van der Waals surface area contributed by atoms with Gasteiger partial charge in [-0.15, -0.1) is 0 Å². The van der Waals surface area contributed by atoms with Gasteiger partial charge in [-0.3, -0.25) is 14.7 Å². The molecular weight excluding hydrogens is 322 g/mol. The average Bonchev–Trinajstić information content (AvgIpc) is 3.48. The summed E-state index contributed by atoms with van der Waals surface area (Å²) in [6, 6.07) is 10.5. The Balaban J connectivity index is 1.58. The van der Waals surface area contributed by atoms with Crippen molar-refractivity contribution in [3.05, 3.63) is 42.2 Å². The smallest absolute Gasteiger partial charge is 0.273 e. The average molecular weight is 351 g/mol. The van der Waals surface area contributed by atoms with Crippen LogP contribution in [0, 0.1) is 11.8 Å². The van der Waals surface area contributed by atoms with Crippen LogP contribution in [0.25, 0.3) is 10.8 Å². The summed E-state index contributed by atoms with van der Waals surface area (Å²) in [5, 5.41) is 2.04. The zero-order chi connectivity index (χ0) is 18.1. The van der Waals surface area contributed by atoms with Crippen molar-refractivity contribution in [2.24, 2.45) is 11.8 Å². The highest BCUT2D eigenvalue weighted by molar-refractivity contribution is 6.05. The number of hydrogen-bond donors (Lipinski definition) is 0. The van der Waals surface area contributed by atoms with Gasteiger partial charge in [-0.2, -0.15) is 0 Å². The van der Waals surface area contributed by atoms with Crippen LogP contribution < -0.4 is 0 Å². The first-order valence-corrected chi connectivity index (χ1v) is 10.0. The number of hydrogen-bond acceptors (Lipinski definition) is 3. The highest BCUT2D eigenvalue weighted by Crippen LogP contribution is 2.32. The molecule has 1 aliphatic heterocycles. The molecule has 0 radical (unpaired) electrons. The molecule has 1 saturated carbocycles. The molecule has 1 saturated heterocycles. The standard InChI is InChI=1S/C22H29N3O/c1-16(2)20-15-25(13-5-12-24(20)14-17-8-9-17)22(26)21-19-7-4-3-6-18(19)10-11-23-21/h3-4,6-7,10-11,16-17,20H,5,8-9,12-15H2,1-2H3. The van der Waals surface area contributed by atoms with E-state index in [9.17, 15) is 4.79 Å². The Morgan fingerprint density at radius 3 is 2.77 bits per heavy atom. The third-order valence-corrected chi connectivity index (χ3v) is 5.87. The minimum absolute atomic E-state index is 0.0840. The number of amides is 1. The van der Waals surface area contributed by atoms with Crippen molar-refractivity contribution < 1.29 is 4.79 Å². The van der Waals surface area contributed by atoms with Crippen LogP contribution in [0.4, 0.5) is 0 Å². The van der Waals surface area contributed by atoms with Crippen LogP contribution in [0.3, 0.4) is 0 Å². The highest BCUT2D eigenvalue weighted by Gasteiger charge is 2.34. The molecule has 0 N–H and O–H groups in total. The molecular formula is C22H29N3O. The molecule has 1 aliphatic carbocycles. The lowest BCUT2D eigenvalue weighted by Gasteiger charge is -2.34. The molecule has 1 amide bonds. The summed E-state index contributed by atoms with van der Waals surface area (Å²) in [6.07, 6.45) is 5.56. The second-order valence-corrected chi connectivity index (χ2v) is 8.24. The van der Waals surface area contributed by atoms with E-state index in [0.29, 0.717) is 17.7 Å². The lowest BCUT2D eigenvalue weighted by molar-refractivity contribution is 0.0701. The molecule has 26 heavy (non-hydrogen) atoms. The fourth-order valence-corrected chi connectivity index (χ4v) is 4.18. The summed E-state index contributed by atoms with van der Waals surface area (Å²) in [4.78, 5) is 22.5. The first-order valence-electron chi connectivity index (χ1n) is 10.0. The lowest BCUT2D eigenvalue weighted by atomic mass is 10.0. The van der Waals surface area contributed by atoms with Crippen LogP contribution in [0.15, 0.2) is 36.5 Å². The predicted octanol–water partition coefficient (Wildman–Crippen LogP) is 3.82. The van der Waals surface area contributed by atoms with Crippen LogP contribution in [0.1, 0.15) is 43.6 Å². The van der Waals surface area contributed by atoms with Gasteiger partial charge in [-0.05, 0) is 42.6 Å². The van der Waals surface area contributed by atoms with Crippen LogP contribution in [-0.2, 0) is 0 Å². The largest absolute Gasteiger partial charge is 0.336 e. The van der Waals surface area contributed by atoms with E-state index in [1.807, 2.05) is 35.2 Å². The summed E-state index contributed by atoms with van der Waals surface area (Å²) in [6.45, 7) is 8.52. The van der Waals surface area contributed by atoms with Crippen molar-refractivity contribution in [3.63, 3.8) is 0 Å². The fourth-order valence-electron chi connectivity index (χ4n) is 4.18. The molecule has 1 aromatic heterocycles. The Morgan fingerprint density at radius 2 is 2.00 bits per heavy atom. The Bertz CT molecular complexity index is 779. The van der Waals surface area contributed by atoms with E-state index in [2.05, 4.69) is 23.7 Å². The Morgan fingerprint density at radius 1 is 1.19 bits per heavy atom. The van der Waals surface area contributed by atoms with Gasteiger partial charge in [0.2, 0.25) is 0 Å². The third-order valence-electron chi connectivity index (χ3n) is 5.87. The van der Waals surface area contributed by atoms with Gasteiger partial charge in [0.05, 0.1) is 0 Å². The van der Waals surface area contributed by atoms with Crippen molar-refractivity contribution in [2.45, 2.75) is 39.2 Å². The summed E-state index contributed by atoms with van der Waals surface area (Å²) in [5.74, 6) is 1.52. The molecule has 0 spiro atoms. The minimum atomic E-state index is 0.0840. The lowest BCUT2D eigenvalue weighted by Crippen LogP contribution is -2.46. The van der Waals surface area contributed by atoms with Gasteiger partial charge in [-0.1, -0.05) is 38.1 Å². The number of fused-ring (bicyclic) bond motifs is 1. The van der Waals surface area contributed by atoms with E-state index in [-0.39, 0.29) is 5.91 Å². The number of carbonyl (C=O) groups is 1. The fraction of sp³-hybridized carbons (Fsp3) is 0.545. The molecule has 138 valence electrons. The Kier molecular flexibility index (Phi) is 4.94. The number of rotatable bonds is 4. The SMILES string of the molecule is CC(C)C1CN(C(=O)c2nccc3ccccc23)CCCN1CC1CC1. The van der Waals surface area contributed by atoms with Crippen molar-refractivity contribution in [3.8, 4) is 0 Å². The second kappa shape index (κ2) is 7.36. The van der Waals surface area contributed by atoms with Crippen molar-refractivity contribution in [1.29, 1.82) is 0 Å². The normalized spacial score (nSPS) is 22.0. The predicted molar refractivity (Wildman–Crippen MR) is 105 cm³/mol. The molecule has 1 aromatic carbocycles. The zero-order valence-corrected chi connectivity index (χ0v) is 15.9. The monoisotopic (exact) mass is 351 g/mol. The minimum Gasteiger partial charge on any atom is -0.336 e. The maximum absolute atomic E-state index is 13.3. The zero-order valence-electron chi connectivity index (χ0n) is 15.9. The molecule has 2 aromatic rings. The van der Waals surface area contributed by atoms with E-state index in [1.54, 1.807) is 6.20 Å². The maximum atomic E-state index is 13.3. The summed E-state index contributed by atoms with van der Waals surface area (Å²) in [5.41, 5.74) is 0.598. The van der Waals surface area contributed by atoms with Crippen molar-refractivity contribution in [1.82, 2.24) is 14.8 Å². The first kappa shape index (κ1) is 17.5. The van der Waals surface area contributed by atoms with E-state index >= 15 is 0 Å². The molecule has 2 fully saturated rings. The quantitative estimate of drug-likeness (QED) is 0.840. The van der Waals surface area contributed by atoms with Crippen molar-refractivity contribution in [2.75, 3.05) is 26.2 Å². The second-order valence-electron chi connectivity index (χ2n) is 8.24. The third kappa shape index (κ3) is 3.61. The molecule has 0 bridgehead atoms. The van der Waals surface area contributed by atoms with Crippen LogP contribution >= 0.6 is 0 Å². The number of pyridine rings is 1. The molecule has 2 aliphatic rings. The van der Waals surface area contributed by atoms with Gasteiger partial charge in [-0.25, -0.2) is 0 Å². The van der Waals surface area contributed by atoms with Gasteiger partial charge < -0.3 is 4.90 Å². The van der Waals surface area contributed by atoms with Gasteiger partial charge in [0, 0.05) is 43.8 Å². The molecule has 1 unspecified atom stereocenters. The summed E-state index contributed by atoms with van der Waals surface area (Å²) >= 11 is 0. The summed E-state index contributed by atoms with van der Waals surface area (Å²) < 4.78 is 0. The number of nitrogens with zero attached hydrogens (tertiary/aromatic N) is 3. The van der Waals surface area contributed by atoms with E-state index in [0.717, 1.165) is 42.7 Å². The number of carbonyl (C=O) groups excluding carboxylic acids is 1. The van der Waals surface area contributed by atoms with Crippen molar-refractivity contribution >= 4 is 16.7 Å². The first-order chi connectivity index (χ1) is 12.6. The molecule has 4 heteroatoms. The van der Waals surface area contributed by atoms with Gasteiger partial charge in [0.15, 0.2) is 0 Å². The highest BCUT2D eigenvalue weighted by atomic mass is 16.2. The molecule has 1 atom stereocenters. The number of aromatic nitrogens is 1. The molecule has 4 nitrogen and oxygen atoms in total. The van der Waals surface area contributed by atoms with Crippen LogP contribution in [0.5, 0.6) is 0 Å². The topological polar surface area (TPSA) is 36.4 Å².